The van der Waals surface area contributed by atoms with Crippen LogP contribution in [0.4, 0.5) is 8.78 Å². The third-order valence-corrected chi connectivity index (χ3v) is 4.63. The number of nitrogens with one attached hydrogen (secondary N) is 1. The first kappa shape index (κ1) is 20.2. The molecule has 0 saturated heterocycles. The standard InChI is InChI=1S/C22H29F2NO/c1-13(19-18(24)17(23)12-25-19)8-9-14-10-15(21(2,3)4)20(26)16(11-14)22(5,6)7/h10-12,25-26H,1,8-9H2,2-7H3. The number of aromatic amines is 1. The summed E-state index contributed by atoms with van der Waals surface area (Å²) in [6, 6.07) is 4.01. The molecule has 0 radical (unpaired) electrons. The molecular formula is C22H29F2NO. The Balaban J connectivity index is 2.34. The zero-order chi connectivity index (χ0) is 19.9. The second-order valence-electron chi connectivity index (χ2n) is 8.97. The van der Waals surface area contributed by atoms with Gasteiger partial charge in [0, 0.05) is 6.20 Å². The number of H-pyrrole nitrogens is 1. The maximum Gasteiger partial charge on any atom is 0.183 e. The van der Waals surface area contributed by atoms with Crippen LogP contribution in [-0.2, 0) is 17.3 Å². The predicted octanol–water partition coefficient (Wildman–Crippen LogP) is 6.24. The molecule has 0 spiro atoms. The second-order valence-corrected chi connectivity index (χ2v) is 8.97. The Morgan fingerprint density at radius 2 is 1.54 bits per heavy atom. The molecule has 1 aromatic heterocycles. The van der Waals surface area contributed by atoms with Crippen LogP contribution < -0.4 is 0 Å². The van der Waals surface area contributed by atoms with Crippen molar-refractivity contribution in [3.05, 3.63) is 58.9 Å². The summed E-state index contributed by atoms with van der Waals surface area (Å²) in [5.41, 5.74) is 3.07. The van der Waals surface area contributed by atoms with E-state index in [0.717, 1.165) is 22.9 Å². The number of halogens is 2. The zero-order valence-corrected chi connectivity index (χ0v) is 16.6. The van der Waals surface area contributed by atoms with E-state index in [0.29, 0.717) is 24.2 Å². The summed E-state index contributed by atoms with van der Waals surface area (Å²) in [4.78, 5) is 2.60. The van der Waals surface area contributed by atoms with Gasteiger partial charge in [-0.15, -0.1) is 0 Å². The zero-order valence-electron chi connectivity index (χ0n) is 16.6. The number of aromatic hydroxyl groups is 1. The van der Waals surface area contributed by atoms with E-state index in [2.05, 4.69) is 53.1 Å². The van der Waals surface area contributed by atoms with Gasteiger partial charge in [-0.05, 0) is 45.9 Å². The van der Waals surface area contributed by atoms with Crippen molar-refractivity contribution in [3.8, 4) is 5.75 Å². The van der Waals surface area contributed by atoms with Gasteiger partial charge in [0.2, 0.25) is 0 Å². The summed E-state index contributed by atoms with van der Waals surface area (Å²) in [5, 5.41) is 10.8. The van der Waals surface area contributed by atoms with Gasteiger partial charge < -0.3 is 10.1 Å². The first-order chi connectivity index (χ1) is 11.8. The average molecular weight is 361 g/mol. The fraction of sp³-hybridized carbons (Fsp3) is 0.455. The lowest BCUT2D eigenvalue weighted by Crippen LogP contribution is -2.18. The lowest BCUT2D eigenvalue weighted by Gasteiger charge is -2.28. The second kappa shape index (κ2) is 6.90. The molecule has 2 aromatic rings. The van der Waals surface area contributed by atoms with Crippen molar-refractivity contribution in [2.24, 2.45) is 0 Å². The molecule has 0 unspecified atom stereocenters. The van der Waals surface area contributed by atoms with Crippen molar-refractivity contribution in [1.29, 1.82) is 0 Å². The SMILES string of the molecule is C=C(CCc1cc(C(C)(C)C)c(O)c(C(C)(C)C)c1)c1[nH]cc(F)c1F. The minimum Gasteiger partial charge on any atom is -0.507 e. The van der Waals surface area contributed by atoms with Crippen LogP contribution in [-0.4, -0.2) is 10.1 Å². The van der Waals surface area contributed by atoms with Crippen molar-refractivity contribution >= 4 is 5.57 Å². The van der Waals surface area contributed by atoms with Crippen LogP contribution in [0.5, 0.6) is 5.75 Å². The van der Waals surface area contributed by atoms with Gasteiger partial charge >= 0.3 is 0 Å². The third kappa shape index (κ3) is 4.17. The van der Waals surface area contributed by atoms with Crippen molar-refractivity contribution < 1.29 is 13.9 Å². The molecule has 2 rings (SSSR count). The van der Waals surface area contributed by atoms with Crippen LogP contribution in [0.3, 0.4) is 0 Å². The van der Waals surface area contributed by atoms with Gasteiger partial charge in [-0.25, -0.2) is 8.78 Å². The fourth-order valence-corrected chi connectivity index (χ4v) is 3.04. The molecule has 0 atom stereocenters. The molecule has 2 nitrogen and oxygen atoms in total. The van der Waals surface area contributed by atoms with Crippen LogP contribution in [0.2, 0.25) is 0 Å². The van der Waals surface area contributed by atoms with Crippen molar-refractivity contribution in [3.63, 3.8) is 0 Å². The normalized spacial score (nSPS) is 12.5. The molecular weight excluding hydrogens is 332 g/mol. The van der Waals surface area contributed by atoms with E-state index in [1.165, 1.54) is 0 Å². The molecule has 2 N–H and O–H groups in total. The first-order valence-electron chi connectivity index (χ1n) is 8.89. The molecule has 0 aliphatic rings. The number of aryl methyl sites for hydroxylation is 1. The fourth-order valence-electron chi connectivity index (χ4n) is 3.04. The molecule has 142 valence electrons. The predicted molar refractivity (Wildman–Crippen MR) is 104 cm³/mol. The monoisotopic (exact) mass is 361 g/mol. The molecule has 1 heterocycles. The van der Waals surface area contributed by atoms with E-state index in [1.54, 1.807) is 0 Å². The molecule has 4 heteroatoms. The lowest BCUT2D eigenvalue weighted by atomic mass is 9.78. The van der Waals surface area contributed by atoms with E-state index in [9.17, 15) is 13.9 Å². The highest BCUT2D eigenvalue weighted by atomic mass is 19.2. The van der Waals surface area contributed by atoms with Crippen molar-refractivity contribution in [1.82, 2.24) is 4.98 Å². The Kier molecular flexibility index (Phi) is 5.36. The van der Waals surface area contributed by atoms with Gasteiger partial charge in [-0.1, -0.05) is 60.3 Å². The van der Waals surface area contributed by atoms with Crippen molar-refractivity contribution in [2.45, 2.75) is 65.2 Å². The number of rotatable bonds is 4. The quantitative estimate of drug-likeness (QED) is 0.664. The summed E-state index contributed by atoms with van der Waals surface area (Å²) in [7, 11) is 0. The Bertz CT molecular complexity index is 785. The van der Waals surface area contributed by atoms with Gasteiger partial charge in [0.05, 0.1) is 5.69 Å². The topological polar surface area (TPSA) is 36.0 Å². The number of phenols is 1. The maximum atomic E-state index is 13.7. The first-order valence-corrected chi connectivity index (χ1v) is 8.89. The van der Waals surface area contributed by atoms with Crippen LogP contribution in [0.15, 0.2) is 24.9 Å². The largest absolute Gasteiger partial charge is 0.507 e. The molecule has 0 amide bonds. The van der Waals surface area contributed by atoms with Crippen LogP contribution in [0.25, 0.3) is 5.57 Å². The van der Waals surface area contributed by atoms with Gasteiger partial charge in [-0.3, -0.25) is 0 Å². The van der Waals surface area contributed by atoms with E-state index in [1.807, 2.05) is 12.1 Å². The highest BCUT2D eigenvalue weighted by Crippen LogP contribution is 2.40. The number of benzene rings is 1. The smallest absolute Gasteiger partial charge is 0.183 e. The minimum atomic E-state index is -0.893. The third-order valence-electron chi connectivity index (χ3n) is 4.63. The summed E-state index contributed by atoms with van der Waals surface area (Å²) in [6.45, 7) is 16.3. The summed E-state index contributed by atoms with van der Waals surface area (Å²) in [5.74, 6) is -1.44. The van der Waals surface area contributed by atoms with Gasteiger partial charge in [-0.2, -0.15) is 0 Å². The Hall–Kier alpha value is -2.10. The Morgan fingerprint density at radius 1 is 1.04 bits per heavy atom. The van der Waals surface area contributed by atoms with E-state index < -0.39 is 11.6 Å². The number of phenolic OH excluding ortho intramolecular Hbond substituents is 1. The highest BCUT2D eigenvalue weighted by molar-refractivity contribution is 5.61. The number of hydrogen-bond acceptors (Lipinski definition) is 1. The molecule has 1 aromatic carbocycles. The van der Waals surface area contributed by atoms with Crippen LogP contribution in [0, 0.1) is 11.6 Å². The number of aromatic nitrogens is 1. The molecule has 0 saturated carbocycles. The van der Waals surface area contributed by atoms with E-state index in [-0.39, 0.29) is 16.5 Å². The van der Waals surface area contributed by atoms with Gasteiger partial charge in [0.1, 0.15) is 5.75 Å². The molecule has 0 aliphatic carbocycles. The van der Waals surface area contributed by atoms with E-state index in [4.69, 9.17) is 0 Å². The minimum absolute atomic E-state index is 0.119. The summed E-state index contributed by atoms with van der Waals surface area (Å²) < 4.78 is 26.9. The van der Waals surface area contributed by atoms with Crippen LogP contribution >= 0.6 is 0 Å². The molecule has 0 bridgehead atoms. The molecule has 0 aliphatic heterocycles. The summed E-state index contributed by atoms with van der Waals surface area (Å²) in [6.07, 6.45) is 2.13. The van der Waals surface area contributed by atoms with E-state index >= 15 is 0 Å². The molecule has 26 heavy (non-hydrogen) atoms. The van der Waals surface area contributed by atoms with Gasteiger partial charge in [0.15, 0.2) is 11.6 Å². The molecule has 0 fully saturated rings. The Morgan fingerprint density at radius 3 is 1.92 bits per heavy atom. The highest BCUT2D eigenvalue weighted by Gasteiger charge is 2.26. The van der Waals surface area contributed by atoms with Gasteiger partial charge in [0.25, 0.3) is 0 Å². The summed E-state index contributed by atoms with van der Waals surface area (Å²) >= 11 is 0. The number of allylic oxidation sites excluding steroid dienone is 1. The Labute approximate surface area is 155 Å². The maximum absolute atomic E-state index is 13.7. The lowest BCUT2D eigenvalue weighted by molar-refractivity contribution is 0.422. The number of hydrogen-bond donors (Lipinski definition) is 2. The van der Waals surface area contributed by atoms with Crippen LogP contribution in [0.1, 0.15) is 70.3 Å². The van der Waals surface area contributed by atoms with Crippen molar-refractivity contribution in [2.75, 3.05) is 0 Å². The average Bonchev–Trinajstić information content (AvgIpc) is 2.83.